The van der Waals surface area contributed by atoms with Crippen molar-refractivity contribution < 1.29 is 18.6 Å². The molecule has 0 atom stereocenters. The molecule has 0 bridgehead atoms. The van der Waals surface area contributed by atoms with Crippen molar-refractivity contribution in [3.8, 4) is 11.5 Å². The zero-order valence-electron chi connectivity index (χ0n) is 30.0. The third-order valence-corrected chi connectivity index (χ3v) is 15.0. The van der Waals surface area contributed by atoms with E-state index in [4.69, 9.17) is 35.2 Å². The van der Waals surface area contributed by atoms with Gasteiger partial charge in [0.25, 0.3) is 0 Å². The molecule has 4 heterocycles. The van der Waals surface area contributed by atoms with Gasteiger partial charge >= 0.3 is 0 Å². The molecule has 11 nitrogen and oxygen atoms in total. The number of likely N-dealkylation sites (N-methyl/N-ethyl adjacent to an activating group) is 1. The summed E-state index contributed by atoms with van der Waals surface area (Å²) in [6, 6.07) is 12.8. The second-order valence-electron chi connectivity index (χ2n) is 14.8. The Morgan fingerprint density at radius 1 is 0.918 bits per heavy atom. The molecule has 3 aliphatic heterocycles. The van der Waals surface area contributed by atoms with Crippen molar-refractivity contribution in [3.05, 3.63) is 53.2 Å². The zero-order valence-corrected chi connectivity index (χ0v) is 31.8. The number of methoxy groups -OCH3 is 1. The second-order valence-corrected chi connectivity index (χ2v) is 19.9. The molecule has 3 aromatic rings. The maximum atomic E-state index is 6.70. The number of halogens is 1. The van der Waals surface area contributed by atoms with Crippen molar-refractivity contribution >= 4 is 48.7 Å². The Kier molecular flexibility index (Phi) is 10.9. The van der Waals surface area contributed by atoms with Crippen LogP contribution in [-0.4, -0.2) is 101 Å². The highest BCUT2D eigenvalue weighted by atomic mass is 35.5. The average molecular weight is 710 g/mol. The SMILES string of the molecule is COc1cc(N2CCC(N3CCN(C)CC3)CC2)ccc1Nc1ncc(Cl)c(Nc2ccc(O[Si](C)(C)C(C)(C)C)c(C3OCCO3)c2)n1. The number of hydrogen-bond donors (Lipinski definition) is 2. The van der Waals surface area contributed by atoms with Crippen LogP contribution >= 0.6 is 11.6 Å². The summed E-state index contributed by atoms with van der Waals surface area (Å²) in [5, 5.41) is 7.14. The van der Waals surface area contributed by atoms with Gasteiger partial charge in [-0.15, -0.1) is 0 Å². The lowest BCUT2D eigenvalue weighted by Gasteiger charge is -2.42. The highest BCUT2D eigenvalue weighted by Gasteiger charge is 2.40. The smallest absolute Gasteiger partial charge is 0.250 e. The molecule has 13 heteroatoms. The molecule has 0 saturated carbocycles. The molecule has 49 heavy (non-hydrogen) atoms. The van der Waals surface area contributed by atoms with Crippen LogP contribution in [0.25, 0.3) is 0 Å². The lowest BCUT2D eigenvalue weighted by Crippen LogP contribution is -2.52. The van der Waals surface area contributed by atoms with Gasteiger partial charge in [-0.2, -0.15) is 4.98 Å². The van der Waals surface area contributed by atoms with E-state index in [2.05, 4.69) is 83.4 Å². The van der Waals surface area contributed by atoms with E-state index < -0.39 is 14.6 Å². The number of ether oxygens (including phenoxy) is 3. The first-order valence-corrected chi connectivity index (χ1v) is 20.7. The molecule has 0 amide bonds. The number of piperazine rings is 1. The van der Waals surface area contributed by atoms with Crippen LogP contribution in [0, 0.1) is 0 Å². The van der Waals surface area contributed by atoms with E-state index >= 15 is 0 Å². The topological polar surface area (TPSA) is 96.5 Å². The molecule has 266 valence electrons. The Balaban J connectivity index is 1.14. The molecule has 0 radical (unpaired) electrons. The maximum absolute atomic E-state index is 6.70. The average Bonchev–Trinajstić information content (AvgIpc) is 3.62. The van der Waals surface area contributed by atoms with Crippen molar-refractivity contribution in [2.75, 3.05) is 82.2 Å². The van der Waals surface area contributed by atoms with Gasteiger partial charge in [-0.25, -0.2) is 4.98 Å². The summed E-state index contributed by atoms with van der Waals surface area (Å²) in [5.74, 6) is 2.36. The summed E-state index contributed by atoms with van der Waals surface area (Å²) >= 11 is 6.60. The first kappa shape index (κ1) is 35.7. The Morgan fingerprint density at radius 3 is 2.31 bits per heavy atom. The first-order chi connectivity index (χ1) is 23.4. The van der Waals surface area contributed by atoms with Crippen LogP contribution in [0.1, 0.15) is 45.5 Å². The van der Waals surface area contributed by atoms with Crippen molar-refractivity contribution in [3.63, 3.8) is 0 Å². The standard InChI is InChI=1S/C36H52ClN7O4Si/c1-36(2,3)49(6,7)48-31-11-8-25(22-28(31)34-46-20-21-47-34)39-33-29(37)24-38-35(41-33)40-30-10-9-27(23-32(30)45-5)43-14-12-26(13-15-43)44-18-16-42(4)17-19-44/h8-11,22-24,26,34H,12-21H2,1-7H3,(H2,38,39,40,41). The van der Waals surface area contributed by atoms with Crippen LogP contribution < -0.4 is 24.7 Å². The fourth-order valence-electron chi connectivity index (χ4n) is 6.30. The molecule has 0 unspecified atom stereocenters. The van der Waals surface area contributed by atoms with E-state index in [0.29, 0.717) is 36.0 Å². The lowest BCUT2D eigenvalue weighted by atomic mass is 10.0. The minimum Gasteiger partial charge on any atom is -0.543 e. The summed E-state index contributed by atoms with van der Waals surface area (Å²) in [7, 11) is 1.80. The number of nitrogens with one attached hydrogen (secondary N) is 2. The number of aromatic nitrogens is 2. The molecule has 1 aromatic heterocycles. The summed E-state index contributed by atoms with van der Waals surface area (Å²) < 4.78 is 24.3. The molecule has 0 spiro atoms. The zero-order chi connectivity index (χ0) is 34.8. The Bertz CT molecular complexity index is 1580. The Labute approximate surface area is 297 Å². The number of rotatable bonds is 10. The van der Waals surface area contributed by atoms with Crippen LogP contribution in [-0.2, 0) is 9.47 Å². The van der Waals surface area contributed by atoms with Gasteiger partial charge in [0.05, 0.1) is 37.8 Å². The minimum absolute atomic E-state index is 0.0429. The number of hydrogen-bond acceptors (Lipinski definition) is 11. The molecule has 2 aromatic carbocycles. The van der Waals surface area contributed by atoms with Gasteiger partial charge in [0.15, 0.2) is 12.1 Å². The van der Waals surface area contributed by atoms with Crippen LogP contribution in [0.15, 0.2) is 42.6 Å². The Hall–Kier alpha value is -3.13. The summed E-state index contributed by atoms with van der Waals surface area (Å²) in [5.41, 5.74) is 3.55. The molecule has 3 fully saturated rings. The van der Waals surface area contributed by atoms with Gasteiger partial charge in [0, 0.05) is 62.8 Å². The fourth-order valence-corrected chi connectivity index (χ4v) is 7.48. The number of nitrogens with zero attached hydrogens (tertiary/aromatic N) is 5. The van der Waals surface area contributed by atoms with E-state index in [1.165, 1.54) is 25.9 Å². The van der Waals surface area contributed by atoms with Crippen molar-refractivity contribution in [1.82, 2.24) is 19.8 Å². The number of piperidine rings is 1. The first-order valence-electron chi connectivity index (χ1n) is 17.4. The molecular weight excluding hydrogens is 658 g/mol. The number of benzene rings is 2. The van der Waals surface area contributed by atoms with Crippen LogP contribution in [0.5, 0.6) is 11.5 Å². The summed E-state index contributed by atoms with van der Waals surface area (Å²) in [4.78, 5) is 16.7. The van der Waals surface area contributed by atoms with E-state index in [-0.39, 0.29) is 5.04 Å². The predicted molar refractivity (Wildman–Crippen MR) is 200 cm³/mol. The highest BCUT2D eigenvalue weighted by molar-refractivity contribution is 6.74. The highest BCUT2D eigenvalue weighted by Crippen LogP contribution is 2.42. The van der Waals surface area contributed by atoms with E-state index in [1.807, 2.05) is 24.3 Å². The molecular formula is C36H52ClN7O4Si. The van der Waals surface area contributed by atoms with E-state index in [9.17, 15) is 0 Å². The fraction of sp³-hybridized carbons (Fsp3) is 0.556. The monoisotopic (exact) mass is 709 g/mol. The number of anilines is 5. The molecule has 3 saturated heterocycles. The largest absolute Gasteiger partial charge is 0.543 e. The van der Waals surface area contributed by atoms with E-state index in [0.717, 1.165) is 60.3 Å². The quantitative estimate of drug-likeness (QED) is 0.208. The van der Waals surface area contributed by atoms with Gasteiger partial charge in [-0.05, 0) is 68.4 Å². The van der Waals surface area contributed by atoms with Gasteiger partial charge in [-0.1, -0.05) is 32.4 Å². The van der Waals surface area contributed by atoms with Crippen LogP contribution in [0.4, 0.5) is 28.8 Å². The van der Waals surface area contributed by atoms with E-state index in [1.54, 1.807) is 13.3 Å². The minimum atomic E-state index is -2.10. The van der Waals surface area contributed by atoms with Gasteiger partial charge in [0.2, 0.25) is 14.3 Å². The molecule has 2 N–H and O–H groups in total. The predicted octanol–water partition coefficient (Wildman–Crippen LogP) is 7.27. The normalized spacial score (nSPS) is 18.9. The third-order valence-electron chi connectivity index (χ3n) is 10.4. The van der Waals surface area contributed by atoms with Crippen LogP contribution in [0.3, 0.4) is 0 Å². The molecule has 6 rings (SSSR count). The summed E-state index contributed by atoms with van der Waals surface area (Å²) in [6.07, 6.45) is 3.44. The lowest BCUT2D eigenvalue weighted by molar-refractivity contribution is -0.0450. The van der Waals surface area contributed by atoms with Crippen LogP contribution in [0.2, 0.25) is 23.2 Å². The summed E-state index contributed by atoms with van der Waals surface area (Å²) in [6.45, 7) is 18.9. The van der Waals surface area contributed by atoms with Gasteiger partial charge in [0.1, 0.15) is 16.5 Å². The molecule has 3 aliphatic rings. The second kappa shape index (κ2) is 15.0. The van der Waals surface area contributed by atoms with Gasteiger partial charge in [-0.3, -0.25) is 4.90 Å². The van der Waals surface area contributed by atoms with Crippen molar-refractivity contribution in [2.24, 2.45) is 0 Å². The van der Waals surface area contributed by atoms with Crippen molar-refractivity contribution in [2.45, 2.75) is 64.1 Å². The molecule has 0 aliphatic carbocycles. The van der Waals surface area contributed by atoms with Gasteiger partial charge < -0.3 is 39.1 Å². The third kappa shape index (κ3) is 8.43. The Morgan fingerprint density at radius 2 is 1.63 bits per heavy atom. The maximum Gasteiger partial charge on any atom is 0.250 e. The van der Waals surface area contributed by atoms with Crippen molar-refractivity contribution in [1.29, 1.82) is 0 Å².